The lowest BCUT2D eigenvalue weighted by molar-refractivity contribution is 0.402. The minimum atomic E-state index is 0.627. The van der Waals surface area contributed by atoms with Gasteiger partial charge in [0.1, 0.15) is 5.69 Å². The lowest BCUT2D eigenvalue weighted by atomic mass is 10.2. The quantitative estimate of drug-likeness (QED) is 0.719. The Morgan fingerprint density at radius 1 is 1.07 bits per heavy atom. The highest BCUT2D eigenvalue weighted by atomic mass is 79.9. The van der Waals surface area contributed by atoms with Gasteiger partial charge in [0.05, 0.1) is 0 Å². The van der Waals surface area contributed by atoms with Crippen LogP contribution in [-0.2, 0) is 0 Å². The summed E-state index contributed by atoms with van der Waals surface area (Å²) >= 11 is 10.1. The molecule has 2 aromatic rings. The summed E-state index contributed by atoms with van der Waals surface area (Å²) < 4.78 is 7.57. The number of aromatic nitrogens is 1. The van der Waals surface area contributed by atoms with Crippen LogP contribution in [0.1, 0.15) is 0 Å². The largest absolute Gasteiger partial charge is 0.349 e. The van der Waals surface area contributed by atoms with E-state index in [1.807, 2.05) is 24.3 Å². The fourth-order valence-electron chi connectivity index (χ4n) is 1.08. The van der Waals surface area contributed by atoms with Gasteiger partial charge < -0.3 is 4.52 Å². The zero-order valence-electron chi connectivity index (χ0n) is 6.80. The van der Waals surface area contributed by atoms with E-state index in [0.29, 0.717) is 4.67 Å². The first-order valence-electron chi connectivity index (χ1n) is 3.74. The molecule has 0 bridgehead atoms. The Bertz CT molecular complexity index is 467. The van der Waals surface area contributed by atoms with Crippen LogP contribution in [0, 0.1) is 0 Å². The molecule has 1 aromatic carbocycles. The van der Waals surface area contributed by atoms with Gasteiger partial charge in [-0.05, 0) is 28.1 Å². The molecule has 1 heterocycles. The summed E-state index contributed by atoms with van der Waals surface area (Å²) in [4.78, 5) is 0. The zero-order chi connectivity index (χ0) is 10.1. The molecule has 0 atom stereocenters. The molecule has 0 aliphatic rings. The van der Waals surface area contributed by atoms with E-state index in [1.54, 1.807) is 0 Å². The average Bonchev–Trinajstić information content (AvgIpc) is 2.51. The van der Waals surface area contributed by atoms with Gasteiger partial charge in [0.2, 0.25) is 4.67 Å². The number of benzene rings is 1. The summed E-state index contributed by atoms with van der Waals surface area (Å²) in [6.07, 6.45) is 0. The highest BCUT2D eigenvalue weighted by molar-refractivity contribution is 9.11. The van der Waals surface area contributed by atoms with Gasteiger partial charge in [0.15, 0.2) is 0 Å². The Labute approximate surface area is 106 Å². The third-order valence-corrected chi connectivity index (χ3v) is 3.21. The molecule has 0 aliphatic heterocycles. The smallest absolute Gasteiger partial charge is 0.202 e. The highest BCUT2D eigenvalue weighted by Gasteiger charge is 2.08. The van der Waals surface area contributed by atoms with Crippen molar-refractivity contribution in [2.45, 2.75) is 0 Å². The number of rotatable bonds is 1. The second-order valence-corrected chi connectivity index (χ2v) is 5.19. The van der Waals surface area contributed by atoms with Crippen LogP contribution in [0.25, 0.3) is 11.3 Å². The standard InChI is InChI=1S/C9H4Br3NO/c10-5-1-2-6(7(11)3-5)8-4-9(12)14-13-8/h1-4H. The zero-order valence-corrected chi connectivity index (χ0v) is 11.6. The summed E-state index contributed by atoms with van der Waals surface area (Å²) in [5, 5.41) is 3.91. The Morgan fingerprint density at radius 2 is 1.86 bits per heavy atom. The maximum Gasteiger partial charge on any atom is 0.202 e. The summed E-state index contributed by atoms with van der Waals surface area (Å²) in [5.41, 5.74) is 1.80. The molecule has 1 aromatic heterocycles. The lowest BCUT2D eigenvalue weighted by Crippen LogP contribution is -1.78. The lowest BCUT2D eigenvalue weighted by Gasteiger charge is -1.99. The Balaban J connectivity index is 2.52. The molecule has 0 saturated carbocycles. The normalized spacial score (nSPS) is 10.5. The molecular weight excluding hydrogens is 378 g/mol. The van der Waals surface area contributed by atoms with E-state index >= 15 is 0 Å². The maximum absolute atomic E-state index is 4.94. The van der Waals surface area contributed by atoms with Crippen LogP contribution < -0.4 is 0 Å². The molecule has 72 valence electrons. The van der Waals surface area contributed by atoms with Crippen LogP contribution >= 0.6 is 47.8 Å². The minimum absolute atomic E-state index is 0.627. The van der Waals surface area contributed by atoms with E-state index in [4.69, 9.17) is 4.52 Å². The molecular formula is C9H4Br3NO. The molecule has 0 radical (unpaired) electrons. The third kappa shape index (κ3) is 2.10. The molecule has 0 saturated heterocycles. The van der Waals surface area contributed by atoms with Crippen molar-refractivity contribution in [2.24, 2.45) is 0 Å². The van der Waals surface area contributed by atoms with Crippen LogP contribution in [-0.4, -0.2) is 5.16 Å². The van der Waals surface area contributed by atoms with E-state index in [-0.39, 0.29) is 0 Å². The topological polar surface area (TPSA) is 26.0 Å². The monoisotopic (exact) mass is 379 g/mol. The maximum atomic E-state index is 4.94. The van der Waals surface area contributed by atoms with Crippen LogP contribution in [0.4, 0.5) is 0 Å². The average molecular weight is 382 g/mol. The molecule has 2 nitrogen and oxygen atoms in total. The van der Waals surface area contributed by atoms with Crippen LogP contribution in [0.3, 0.4) is 0 Å². The van der Waals surface area contributed by atoms with E-state index < -0.39 is 0 Å². The van der Waals surface area contributed by atoms with E-state index in [0.717, 1.165) is 20.2 Å². The van der Waals surface area contributed by atoms with Gasteiger partial charge in [-0.25, -0.2) is 0 Å². The summed E-state index contributed by atoms with van der Waals surface area (Å²) in [7, 11) is 0. The van der Waals surface area contributed by atoms with Crippen LogP contribution in [0.2, 0.25) is 0 Å². The molecule has 0 N–H and O–H groups in total. The molecule has 2 rings (SSSR count). The van der Waals surface area contributed by atoms with Crippen molar-refractivity contribution in [3.8, 4) is 11.3 Å². The van der Waals surface area contributed by atoms with E-state index in [9.17, 15) is 0 Å². The van der Waals surface area contributed by atoms with Gasteiger partial charge in [-0.15, -0.1) is 0 Å². The second-order valence-electron chi connectivity index (χ2n) is 2.64. The fraction of sp³-hybridized carbons (Fsp3) is 0. The molecule has 0 unspecified atom stereocenters. The molecule has 5 heteroatoms. The Hall–Kier alpha value is -0.130. The van der Waals surface area contributed by atoms with Crippen molar-refractivity contribution in [1.29, 1.82) is 0 Å². The molecule has 0 fully saturated rings. The SMILES string of the molecule is Brc1ccc(-c2cc(Br)on2)c(Br)c1. The Kier molecular flexibility index (Phi) is 3.09. The fourth-order valence-corrected chi connectivity index (χ4v) is 2.62. The second kappa shape index (κ2) is 4.16. The van der Waals surface area contributed by atoms with Crippen molar-refractivity contribution < 1.29 is 4.52 Å². The first-order valence-corrected chi connectivity index (χ1v) is 6.12. The third-order valence-electron chi connectivity index (χ3n) is 1.69. The van der Waals surface area contributed by atoms with Crippen molar-refractivity contribution in [1.82, 2.24) is 5.16 Å². The summed E-state index contributed by atoms with van der Waals surface area (Å²) in [5.74, 6) is 0. The first kappa shape index (κ1) is 10.4. The van der Waals surface area contributed by atoms with Gasteiger partial charge in [-0.1, -0.05) is 43.1 Å². The van der Waals surface area contributed by atoms with Crippen LogP contribution in [0.5, 0.6) is 0 Å². The van der Waals surface area contributed by atoms with Crippen molar-refractivity contribution in [3.63, 3.8) is 0 Å². The Morgan fingerprint density at radius 3 is 2.43 bits per heavy atom. The molecule has 0 spiro atoms. The van der Waals surface area contributed by atoms with Crippen molar-refractivity contribution in [2.75, 3.05) is 0 Å². The number of nitrogens with zero attached hydrogens (tertiary/aromatic N) is 1. The predicted molar refractivity (Wildman–Crippen MR) is 65.0 cm³/mol. The molecule has 0 amide bonds. The number of hydrogen-bond donors (Lipinski definition) is 0. The summed E-state index contributed by atoms with van der Waals surface area (Å²) in [6.45, 7) is 0. The predicted octanol–water partition coefficient (Wildman–Crippen LogP) is 4.63. The molecule has 0 aliphatic carbocycles. The van der Waals surface area contributed by atoms with Crippen molar-refractivity contribution in [3.05, 3.63) is 37.9 Å². The van der Waals surface area contributed by atoms with Gasteiger partial charge in [0, 0.05) is 20.6 Å². The highest BCUT2D eigenvalue weighted by Crippen LogP contribution is 2.31. The number of hydrogen-bond acceptors (Lipinski definition) is 2. The minimum Gasteiger partial charge on any atom is -0.349 e. The van der Waals surface area contributed by atoms with Gasteiger partial charge in [-0.2, -0.15) is 0 Å². The van der Waals surface area contributed by atoms with Gasteiger partial charge in [0.25, 0.3) is 0 Å². The first-order chi connectivity index (χ1) is 6.66. The van der Waals surface area contributed by atoms with Gasteiger partial charge >= 0.3 is 0 Å². The van der Waals surface area contributed by atoms with Crippen molar-refractivity contribution >= 4 is 47.8 Å². The number of halogens is 3. The van der Waals surface area contributed by atoms with E-state index in [1.165, 1.54) is 0 Å². The van der Waals surface area contributed by atoms with E-state index in [2.05, 4.69) is 52.9 Å². The summed E-state index contributed by atoms with van der Waals surface area (Å²) in [6, 6.07) is 7.73. The molecule has 14 heavy (non-hydrogen) atoms. The van der Waals surface area contributed by atoms with Gasteiger partial charge in [-0.3, -0.25) is 0 Å². The van der Waals surface area contributed by atoms with Crippen LogP contribution in [0.15, 0.2) is 42.4 Å².